The van der Waals surface area contributed by atoms with Gasteiger partial charge in [-0.2, -0.15) is 0 Å². The predicted octanol–water partition coefficient (Wildman–Crippen LogP) is 7.94. The number of aliphatic hydroxyl groups is 1. The van der Waals surface area contributed by atoms with E-state index in [0.29, 0.717) is 16.7 Å². The van der Waals surface area contributed by atoms with Gasteiger partial charge in [0.2, 0.25) is 0 Å². The summed E-state index contributed by atoms with van der Waals surface area (Å²) in [5, 5.41) is 10.2. The molecule has 0 heterocycles. The topological polar surface area (TPSA) is 20.2 Å². The van der Waals surface area contributed by atoms with Gasteiger partial charge in [-0.25, -0.2) is 0 Å². The van der Waals surface area contributed by atoms with E-state index in [1.807, 2.05) is 0 Å². The molecule has 0 radical (unpaired) electrons. The Morgan fingerprint density at radius 2 is 1.87 bits per heavy atom. The van der Waals surface area contributed by atoms with Crippen molar-refractivity contribution in [3.63, 3.8) is 0 Å². The average Bonchev–Trinajstić information content (AvgIpc) is 3.06. The Balaban J connectivity index is 1.49. The largest absolute Gasteiger partial charge is 0.393 e. The van der Waals surface area contributed by atoms with E-state index in [1.165, 1.54) is 51.4 Å². The standard InChI is InChI=1S/C29H48O/c1-7-21(19(2)3)9-8-20(4)25-12-13-26-24-11-10-22-18-23(30)14-16-28(22,5)27(24)15-17-29(25,26)6/h7,10,19-20,23-27,30H,8-9,11-18H2,1-6H3/t20-,23+,24-,25-,26-,27+,28+,29-/m1/s1. The first-order chi connectivity index (χ1) is 14.2. The van der Waals surface area contributed by atoms with Gasteiger partial charge >= 0.3 is 0 Å². The van der Waals surface area contributed by atoms with Crippen LogP contribution >= 0.6 is 0 Å². The number of hydrogen-bond acceptors (Lipinski definition) is 1. The van der Waals surface area contributed by atoms with Crippen LogP contribution in [0.5, 0.6) is 0 Å². The van der Waals surface area contributed by atoms with Crippen molar-refractivity contribution < 1.29 is 5.11 Å². The van der Waals surface area contributed by atoms with Crippen LogP contribution < -0.4 is 0 Å². The van der Waals surface area contributed by atoms with Crippen molar-refractivity contribution in [1.82, 2.24) is 0 Å². The Hall–Kier alpha value is -0.560. The maximum absolute atomic E-state index is 10.2. The molecule has 0 saturated heterocycles. The van der Waals surface area contributed by atoms with Crippen molar-refractivity contribution in [1.29, 1.82) is 0 Å². The van der Waals surface area contributed by atoms with Gasteiger partial charge in [0.15, 0.2) is 0 Å². The van der Waals surface area contributed by atoms with E-state index in [-0.39, 0.29) is 6.10 Å². The molecule has 0 aromatic carbocycles. The lowest BCUT2D eigenvalue weighted by Gasteiger charge is -2.58. The Kier molecular flexibility index (Phi) is 6.35. The third kappa shape index (κ3) is 3.66. The van der Waals surface area contributed by atoms with Crippen molar-refractivity contribution >= 4 is 0 Å². The minimum Gasteiger partial charge on any atom is -0.393 e. The van der Waals surface area contributed by atoms with Crippen LogP contribution in [0, 0.1) is 46.3 Å². The molecule has 3 saturated carbocycles. The second-order valence-electron chi connectivity index (χ2n) is 12.4. The Labute approximate surface area is 186 Å². The molecule has 0 aromatic rings. The van der Waals surface area contributed by atoms with Crippen LogP contribution in [0.3, 0.4) is 0 Å². The van der Waals surface area contributed by atoms with Crippen LogP contribution in [0.4, 0.5) is 0 Å². The number of allylic oxidation sites excluding steroid dienone is 3. The molecule has 30 heavy (non-hydrogen) atoms. The van der Waals surface area contributed by atoms with Crippen molar-refractivity contribution in [3.8, 4) is 0 Å². The normalized spacial score (nSPS) is 44.9. The highest BCUT2D eigenvalue weighted by Crippen LogP contribution is 2.67. The van der Waals surface area contributed by atoms with Gasteiger partial charge < -0.3 is 5.11 Å². The molecular formula is C29H48O. The molecule has 3 fully saturated rings. The number of rotatable bonds is 5. The molecule has 1 nitrogen and oxygen atoms in total. The molecule has 170 valence electrons. The fourth-order valence-corrected chi connectivity index (χ4v) is 8.98. The molecule has 0 unspecified atom stereocenters. The fourth-order valence-electron chi connectivity index (χ4n) is 8.98. The number of hydrogen-bond donors (Lipinski definition) is 1. The average molecular weight is 413 g/mol. The van der Waals surface area contributed by atoms with E-state index in [2.05, 4.69) is 53.7 Å². The van der Waals surface area contributed by atoms with Crippen molar-refractivity contribution in [3.05, 3.63) is 23.3 Å². The maximum atomic E-state index is 10.2. The van der Waals surface area contributed by atoms with E-state index in [0.717, 1.165) is 42.4 Å². The van der Waals surface area contributed by atoms with Gasteiger partial charge in [-0.05, 0) is 117 Å². The van der Waals surface area contributed by atoms with Crippen LogP contribution in [0.2, 0.25) is 0 Å². The molecule has 0 bridgehead atoms. The van der Waals surface area contributed by atoms with Gasteiger partial charge in [0, 0.05) is 0 Å². The van der Waals surface area contributed by atoms with Crippen LogP contribution in [-0.2, 0) is 0 Å². The Morgan fingerprint density at radius 3 is 2.57 bits per heavy atom. The van der Waals surface area contributed by atoms with Crippen LogP contribution in [0.15, 0.2) is 23.3 Å². The third-order valence-corrected chi connectivity index (χ3v) is 10.8. The second kappa shape index (κ2) is 8.42. The summed E-state index contributed by atoms with van der Waals surface area (Å²) >= 11 is 0. The SMILES string of the molecule is CC=C(CC[C@@H](C)[C@H]1CC[C@@H]2[C@H]3CC=C4C[C@@H](O)CC[C@]4(C)[C@H]3CC[C@@]21C)C(C)C. The zero-order valence-electron chi connectivity index (χ0n) is 20.7. The van der Waals surface area contributed by atoms with Crippen molar-refractivity contribution in [2.24, 2.45) is 46.3 Å². The molecular weight excluding hydrogens is 364 g/mol. The highest BCUT2D eigenvalue weighted by molar-refractivity contribution is 5.25. The quantitative estimate of drug-likeness (QED) is 0.454. The molecule has 8 atom stereocenters. The molecule has 0 spiro atoms. The Bertz CT molecular complexity index is 686. The third-order valence-electron chi connectivity index (χ3n) is 10.8. The van der Waals surface area contributed by atoms with E-state index < -0.39 is 0 Å². The predicted molar refractivity (Wildman–Crippen MR) is 128 cm³/mol. The molecule has 1 heteroatoms. The lowest BCUT2D eigenvalue weighted by Crippen LogP contribution is -2.50. The van der Waals surface area contributed by atoms with Crippen LogP contribution in [0.25, 0.3) is 0 Å². The Morgan fingerprint density at radius 1 is 1.10 bits per heavy atom. The summed E-state index contributed by atoms with van der Waals surface area (Å²) in [5.41, 5.74) is 4.21. The summed E-state index contributed by atoms with van der Waals surface area (Å²) in [4.78, 5) is 0. The maximum Gasteiger partial charge on any atom is 0.0577 e. The molecule has 0 aliphatic heterocycles. The molecule has 0 aromatic heterocycles. The first-order valence-electron chi connectivity index (χ1n) is 13.2. The van der Waals surface area contributed by atoms with Gasteiger partial charge in [0.1, 0.15) is 0 Å². The first kappa shape index (κ1) is 22.6. The number of aliphatic hydroxyl groups excluding tert-OH is 1. The van der Waals surface area contributed by atoms with Crippen molar-refractivity contribution in [2.45, 2.75) is 112 Å². The van der Waals surface area contributed by atoms with E-state index in [9.17, 15) is 5.11 Å². The highest BCUT2D eigenvalue weighted by atomic mass is 16.3. The minimum atomic E-state index is -0.0839. The van der Waals surface area contributed by atoms with Gasteiger partial charge in [-0.15, -0.1) is 0 Å². The molecule has 4 rings (SSSR count). The summed E-state index contributed by atoms with van der Waals surface area (Å²) in [6.07, 6.45) is 17.8. The fraction of sp³-hybridized carbons (Fsp3) is 0.862. The summed E-state index contributed by atoms with van der Waals surface area (Å²) < 4.78 is 0. The first-order valence-corrected chi connectivity index (χ1v) is 13.2. The van der Waals surface area contributed by atoms with E-state index >= 15 is 0 Å². The van der Waals surface area contributed by atoms with E-state index in [1.54, 1.807) is 11.1 Å². The monoisotopic (exact) mass is 412 g/mol. The summed E-state index contributed by atoms with van der Waals surface area (Å²) in [6, 6.07) is 0. The number of fused-ring (bicyclic) bond motifs is 5. The smallest absolute Gasteiger partial charge is 0.0577 e. The van der Waals surface area contributed by atoms with Gasteiger partial charge in [-0.1, -0.05) is 57.9 Å². The lowest BCUT2D eigenvalue weighted by atomic mass is 9.47. The van der Waals surface area contributed by atoms with E-state index in [4.69, 9.17) is 0 Å². The highest BCUT2D eigenvalue weighted by Gasteiger charge is 2.59. The van der Waals surface area contributed by atoms with Crippen molar-refractivity contribution in [2.75, 3.05) is 0 Å². The zero-order chi connectivity index (χ0) is 21.7. The van der Waals surface area contributed by atoms with Crippen LogP contribution in [-0.4, -0.2) is 11.2 Å². The molecule has 0 amide bonds. The molecule has 4 aliphatic carbocycles. The van der Waals surface area contributed by atoms with Gasteiger partial charge in [0.05, 0.1) is 6.10 Å². The second-order valence-corrected chi connectivity index (χ2v) is 12.4. The lowest BCUT2D eigenvalue weighted by molar-refractivity contribution is -0.0571. The van der Waals surface area contributed by atoms with Gasteiger partial charge in [0.25, 0.3) is 0 Å². The summed E-state index contributed by atoms with van der Waals surface area (Å²) in [7, 11) is 0. The summed E-state index contributed by atoms with van der Waals surface area (Å²) in [6.45, 7) is 14.7. The molecule has 4 aliphatic rings. The minimum absolute atomic E-state index is 0.0839. The van der Waals surface area contributed by atoms with Crippen LogP contribution in [0.1, 0.15) is 106 Å². The summed E-state index contributed by atoms with van der Waals surface area (Å²) in [5.74, 6) is 5.15. The van der Waals surface area contributed by atoms with Gasteiger partial charge in [-0.3, -0.25) is 0 Å². The molecule has 1 N–H and O–H groups in total. The zero-order valence-corrected chi connectivity index (χ0v) is 20.7.